The third kappa shape index (κ3) is 2.71. The number of fused-ring (bicyclic) bond motifs is 3. The van der Waals surface area contributed by atoms with Gasteiger partial charge >= 0.3 is 6.09 Å². The zero-order chi connectivity index (χ0) is 18.3. The molecular weight excluding hydrogens is 343 g/mol. The Morgan fingerprint density at radius 2 is 2.15 bits per heavy atom. The third-order valence-corrected chi connectivity index (χ3v) is 4.35. The number of benzene rings is 1. The van der Waals surface area contributed by atoms with E-state index < -0.39 is 24.1 Å². The van der Waals surface area contributed by atoms with Crippen molar-refractivity contribution >= 4 is 17.7 Å². The zero-order valence-corrected chi connectivity index (χ0v) is 13.8. The van der Waals surface area contributed by atoms with Gasteiger partial charge in [0.2, 0.25) is 5.91 Å². The lowest BCUT2D eigenvalue weighted by Gasteiger charge is -2.31. The fourth-order valence-corrected chi connectivity index (χ4v) is 3.13. The monoisotopic (exact) mass is 358 g/mol. The number of aromatic nitrogens is 2. The average Bonchev–Trinajstić information content (AvgIpc) is 2.96. The topological polar surface area (TPSA) is 93.7 Å². The molecular formula is C17H15FN4O4. The molecule has 0 radical (unpaired) electrons. The fraction of sp³-hybridized carbons (Fsp3) is 0.294. The molecule has 2 aromatic rings. The molecule has 2 amide bonds. The minimum absolute atomic E-state index is 0.169. The molecule has 26 heavy (non-hydrogen) atoms. The van der Waals surface area contributed by atoms with E-state index in [9.17, 15) is 14.0 Å². The summed E-state index contributed by atoms with van der Waals surface area (Å²) in [5, 5.41) is 2.62. The van der Waals surface area contributed by atoms with E-state index in [1.165, 1.54) is 42.7 Å². The predicted molar refractivity (Wildman–Crippen MR) is 88.1 cm³/mol. The number of nitrogens with zero attached hydrogens (tertiary/aromatic N) is 3. The van der Waals surface area contributed by atoms with E-state index in [0.29, 0.717) is 17.0 Å². The number of rotatable bonds is 3. The van der Waals surface area contributed by atoms with Gasteiger partial charge in [0.15, 0.2) is 0 Å². The maximum Gasteiger partial charge on any atom is 0.415 e. The Hall–Kier alpha value is -3.23. The highest BCUT2D eigenvalue weighted by atomic mass is 19.1. The van der Waals surface area contributed by atoms with E-state index in [1.807, 2.05) is 0 Å². The highest BCUT2D eigenvalue weighted by Gasteiger charge is 2.46. The summed E-state index contributed by atoms with van der Waals surface area (Å²) in [6.07, 6.45) is 3.19. The van der Waals surface area contributed by atoms with Crippen molar-refractivity contribution in [1.29, 1.82) is 0 Å². The molecule has 0 spiro atoms. The van der Waals surface area contributed by atoms with Gasteiger partial charge in [0.1, 0.15) is 36.6 Å². The Labute approximate surface area is 147 Å². The smallest absolute Gasteiger partial charge is 0.415 e. The summed E-state index contributed by atoms with van der Waals surface area (Å²) >= 11 is 0. The standard InChI is InChI=1S/C17H15FN4O4/c1-9(23)21-6-16-14-7-25-15-2-11(10-4-19-8-20-5-10)12(18)3-13(15)22(14)17(24)26-16/h2-5,8,14,16H,6-7H2,1H3,(H,21,23)/t14-,16-/m0/s1. The second-order valence-corrected chi connectivity index (χ2v) is 6.03. The number of cyclic esters (lactones) is 1. The number of hydrogen-bond acceptors (Lipinski definition) is 6. The van der Waals surface area contributed by atoms with Crippen LogP contribution in [0.25, 0.3) is 11.1 Å². The maximum absolute atomic E-state index is 14.7. The molecule has 9 heteroatoms. The van der Waals surface area contributed by atoms with Crippen LogP contribution in [0.3, 0.4) is 0 Å². The van der Waals surface area contributed by atoms with Gasteiger partial charge in [-0.2, -0.15) is 0 Å². The Bertz CT molecular complexity index is 877. The quantitative estimate of drug-likeness (QED) is 0.894. The van der Waals surface area contributed by atoms with Gasteiger partial charge in [-0.25, -0.2) is 19.2 Å². The lowest BCUT2D eigenvalue weighted by atomic mass is 10.0. The van der Waals surface area contributed by atoms with E-state index in [-0.39, 0.29) is 24.6 Å². The normalized spacial score (nSPS) is 20.7. The van der Waals surface area contributed by atoms with Crippen LogP contribution < -0.4 is 15.0 Å². The highest BCUT2D eigenvalue weighted by molar-refractivity contribution is 5.94. The lowest BCUT2D eigenvalue weighted by molar-refractivity contribution is -0.119. The molecule has 2 atom stereocenters. The number of hydrogen-bond donors (Lipinski definition) is 1. The van der Waals surface area contributed by atoms with Crippen LogP contribution >= 0.6 is 0 Å². The maximum atomic E-state index is 14.7. The number of amides is 2. The Kier molecular flexibility index (Phi) is 3.90. The number of carbonyl (C=O) groups is 2. The van der Waals surface area contributed by atoms with Crippen molar-refractivity contribution in [2.24, 2.45) is 0 Å². The van der Waals surface area contributed by atoms with E-state index in [2.05, 4.69) is 15.3 Å². The summed E-state index contributed by atoms with van der Waals surface area (Å²) in [5.74, 6) is -0.378. The highest BCUT2D eigenvalue weighted by Crippen LogP contribution is 2.42. The van der Waals surface area contributed by atoms with Crippen LogP contribution in [0.5, 0.6) is 5.75 Å². The molecule has 1 fully saturated rings. The molecule has 1 N–H and O–H groups in total. The SMILES string of the molecule is CC(=O)NC[C@@H]1OC(=O)N2c3cc(F)c(-c4cncnc4)cc3OC[C@@H]12. The fourth-order valence-electron chi connectivity index (χ4n) is 3.13. The predicted octanol–water partition coefficient (Wildman–Crippen LogP) is 1.50. The van der Waals surface area contributed by atoms with Crippen LogP contribution in [-0.4, -0.2) is 47.3 Å². The third-order valence-electron chi connectivity index (χ3n) is 4.35. The molecule has 1 aromatic carbocycles. The molecule has 4 rings (SSSR count). The average molecular weight is 358 g/mol. The second kappa shape index (κ2) is 6.25. The van der Waals surface area contributed by atoms with Crippen molar-refractivity contribution in [2.45, 2.75) is 19.1 Å². The Balaban J connectivity index is 1.67. The molecule has 134 valence electrons. The second-order valence-electron chi connectivity index (χ2n) is 6.03. The van der Waals surface area contributed by atoms with Crippen molar-refractivity contribution < 1.29 is 23.5 Å². The van der Waals surface area contributed by atoms with E-state index in [0.717, 1.165) is 0 Å². The van der Waals surface area contributed by atoms with Crippen molar-refractivity contribution in [3.63, 3.8) is 0 Å². The number of nitrogens with one attached hydrogen (secondary N) is 1. The van der Waals surface area contributed by atoms with Crippen molar-refractivity contribution in [3.05, 3.63) is 36.7 Å². The van der Waals surface area contributed by atoms with Gasteiger partial charge in [-0.3, -0.25) is 9.69 Å². The molecule has 2 aliphatic rings. The van der Waals surface area contributed by atoms with Gasteiger partial charge in [0, 0.05) is 36.5 Å². The largest absolute Gasteiger partial charge is 0.489 e. The number of anilines is 1. The Morgan fingerprint density at radius 3 is 2.88 bits per heavy atom. The first-order valence-electron chi connectivity index (χ1n) is 8.00. The van der Waals surface area contributed by atoms with Crippen LogP contribution in [0.2, 0.25) is 0 Å². The molecule has 1 saturated heterocycles. The first-order valence-corrected chi connectivity index (χ1v) is 8.00. The molecule has 0 aliphatic carbocycles. The summed E-state index contributed by atoms with van der Waals surface area (Å²) in [4.78, 5) is 32.5. The number of halogens is 1. The molecule has 3 heterocycles. The van der Waals surface area contributed by atoms with Crippen molar-refractivity contribution in [1.82, 2.24) is 15.3 Å². The van der Waals surface area contributed by atoms with Gasteiger partial charge in [-0.15, -0.1) is 0 Å². The van der Waals surface area contributed by atoms with Crippen LogP contribution in [-0.2, 0) is 9.53 Å². The summed E-state index contributed by atoms with van der Waals surface area (Å²) < 4.78 is 25.7. The first kappa shape index (κ1) is 16.2. The van der Waals surface area contributed by atoms with E-state index in [1.54, 1.807) is 0 Å². The summed E-state index contributed by atoms with van der Waals surface area (Å²) in [7, 11) is 0. The van der Waals surface area contributed by atoms with Gasteiger partial charge in [-0.05, 0) is 6.07 Å². The molecule has 0 bridgehead atoms. The van der Waals surface area contributed by atoms with Crippen molar-refractivity contribution in [3.8, 4) is 16.9 Å². The number of carbonyl (C=O) groups excluding carboxylic acids is 2. The van der Waals surface area contributed by atoms with Gasteiger partial charge < -0.3 is 14.8 Å². The van der Waals surface area contributed by atoms with Crippen LogP contribution in [0.4, 0.5) is 14.9 Å². The van der Waals surface area contributed by atoms with E-state index >= 15 is 0 Å². The molecule has 2 aliphatic heterocycles. The van der Waals surface area contributed by atoms with Crippen LogP contribution in [0.1, 0.15) is 6.92 Å². The summed E-state index contributed by atoms with van der Waals surface area (Å²) in [6, 6.07) is 2.33. The molecule has 8 nitrogen and oxygen atoms in total. The lowest BCUT2D eigenvalue weighted by Crippen LogP contribution is -2.47. The summed E-state index contributed by atoms with van der Waals surface area (Å²) in [6.45, 7) is 1.73. The van der Waals surface area contributed by atoms with Gasteiger partial charge in [0.25, 0.3) is 0 Å². The number of ether oxygens (including phenoxy) is 2. The van der Waals surface area contributed by atoms with E-state index in [4.69, 9.17) is 9.47 Å². The zero-order valence-electron chi connectivity index (χ0n) is 13.8. The van der Waals surface area contributed by atoms with Crippen molar-refractivity contribution in [2.75, 3.05) is 18.1 Å². The van der Waals surface area contributed by atoms with Gasteiger partial charge in [-0.1, -0.05) is 0 Å². The van der Waals surface area contributed by atoms with Crippen LogP contribution in [0.15, 0.2) is 30.9 Å². The minimum atomic E-state index is -0.593. The molecule has 0 saturated carbocycles. The van der Waals surface area contributed by atoms with Gasteiger partial charge in [0.05, 0.1) is 12.2 Å². The first-order chi connectivity index (χ1) is 12.5. The van der Waals surface area contributed by atoms with Crippen LogP contribution in [0, 0.1) is 5.82 Å². The minimum Gasteiger partial charge on any atom is -0.489 e. The molecule has 0 unspecified atom stereocenters. The Morgan fingerprint density at radius 1 is 1.38 bits per heavy atom. The summed E-state index contributed by atoms with van der Waals surface area (Å²) in [5.41, 5.74) is 1.09. The molecule has 1 aromatic heterocycles.